The standard InChI is InChI=1S/C17H19Br2N/c1-3-12-6-5-7-13(8-12)17(20-4-2)14-9-15(18)11-16(19)10-14/h5-11,17,20H,3-4H2,1-2H3. The highest BCUT2D eigenvalue weighted by atomic mass is 79.9. The molecule has 1 unspecified atom stereocenters. The Bertz CT molecular complexity index is 561. The lowest BCUT2D eigenvalue weighted by Crippen LogP contribution is -2.22. The van der Waals surface area contributed by atoms with E-state index in [0.717, 1.165) is 21.9 Å². The van der Waals surface area contributed by atoms with Gasteiger partial charge in [0, 0.05) is 8.95 Å². The maximum Gasteiger partial charge on any atom is 0.0577 e. The van der Waals surface area contributed by atoms with Gasteiger partial charge in [-0.25, -0.2) is 0 Å². The van der Waals surface area contributed by atoms with Crippen molar-refractivity contribution in [3.63, 3.8) is 0 Å². The van der Waals surface area contributed by atoms with Gasteiger partial charge in [-0.15, -0.1) is 0 Å². The fourth-order valence-electron chi connectivity index (χ4n) is 2.37. The van der Waals surface area contributed by atoms with Crippen LogP contribution in [-0.2, 0) is 6.42 Å². The normalized spacial score (nSPS) is 12.4. The molecule has 106 valence electrons. The largest absolute Gasteiger partial charge is 0.307 e. The Morgan fingerprint density at radius 2 is 1.65 bits per heavy atom. The summed E-state index contributed by atoms with van der Waals surface area (Å²) >= 11 is 7.15. The van der Waals surface area contributed by atoms with Crippen LogP contribution >= 0.6 is 31.9 Å². The third kappa shape index (κ3) is 3.94. The summed E-state index contributed by atoms with van der Waals surface area (Å²) in [5, 5.41) is 3.58. The smallest absolute Gasteiger partial charge is 0.0577 e. The zero-order valence-electron chi connectivity index (χ0n) is 11.8. The number of benzene rings is 2. The summed E-state index contributed by atoms with van der Waals surface area (Å²) in [6.45, 7) is 5.27. The second-order valence-corrected chi connectivity index (χ2v) is 6.62. The first-order chi connectivity index (χ1) is 9.63. The Balaban J connectivity index is 2.43. The van der Waals surface area contributed by atoms with Crippen LogP contribution in [0.4, 0.5) is 0 Å². The van der Waals surface area contributed by atoms with Crippen molar-refractivity contribution in [2.45, 2.75) is 26.3 Å². The summed E-state index contributed by atoms with van der Waals surface area (Å²) in [4.78, 5) is 0. The van der Waals surface area contributed by atoms with Crippen molar-refractivity contribution in [2.24, 2.45) is 0 Å². The van der Waals surface area contributed by atoms with Gasteiger partial charge in [0.2, 0.25) is 0 Å². The minimum Gasteiger partial charge on any atom is -0.307 e. The minimum absolute atomic E-state index is 0.222. The number of aryl methyl sites for hydroxylation is 1. The number of halogens is 2. The topological polar surface area (TPSA) is 12.0 Å². The first kappa shape index (κ1) is 15.7. The van der Waals surface area contributed by atoms with Crippen molar-refractivity contribution in [3.05, 3.63) is 68.1 Å². The highest BCUT2D eigenvalue weighted by Gasteiger charge is 2.14. The molecular weight excluding hydrogens is 378 g/mol. The predicted molar refractivity (Wildman–Crippen MR) is 93.2 cm³/mol. The van der Waals surface area contributed by atoms with Crippen molar-refractivity contribution in [2.75, 3.05) is 6.54 Å². The van der Waals surface area contributed by atoms with Crippen molar-refractivity contribution < 1.29 is 0 Å². The summed E-state index contributed by atoms with van der Waals surface area (Å²) in [6, 6.07) is 15.5. The SMILES string of the molecule is CCNC(c1cc(Br)cc(Br)c1)c1cccc(CC)c1. The molecule has 0 saturated carbocycles. The van der Waals surface area contributed by atoms with Gasteiger partial charge >= 0.3 is 0 Å². The Kier molecular flexibility index (Phi) is 5.82. The van der Waals surface area contributed by atoms with Crippen molar-refractivity contribution >= 4 is 31.9 Å². The van der Waals surface area contributed by atoms with E-state index in [2.05, 4.69) is 93.5 Å². The van der Waals surface area contributed by atoms with E-state index in [1.807, 2.05) is 0 Å². The zero-order chi connectivity index (χ0) is 14.5. The molecule has 0 fully saturated rings. The van der Waals surface area contributed by atoms with Gasteiger partial charge in [-0.05, 0) is 47.9 Å². The molecule has 0 spiro atoms. The molecule has 1 atom stereocenters. The first-order valence-electron chi connectivity index (χ1n) is 6.92. The van der Waals surface area contributed by atoms with Crippen LogP contribution in [0.1, 0.15) is 36.6 Å². The summed E-state index contributed by atoms with van der Waals surface area (Å²) in [6.07, 6.45) is 1.06. The molecule has 0 aliphatic rings. The zero-order valence-corrected chi connectivity index (χ0v) is 15.0. The van der Waals surface area contributed by atoms with Gasteiger partial charge in [-0.3, -0.25) is 0 Å². The molecule has 2 rings (SSSR count). The van der Waals surface area contributed by atoms with Gasteiger partial charge in [0.1, 0.15) is 0 Å². The lowest BCUT2D eigenvalue weighted by Gasteiger charge is -2.20. The van der Waals surface area contributed by atoms with Gasteiger partial charge < -0.3 is 5.32 Å². The van der Waals surface area contributed by atoms with E-state index < -0.39 is 0 Å². The Labute approximate surface area is 138 Å². The fraction of sp³-hybridized carbons (Fsp3) is 0.294. The molecule has 0 saturated heterocycles. The third-order valence-electron chi connectivity index (χ3n) is 3.32. The van der Waals surface area contributed by atoms with Crippen molar-refractivity contribution in [3.8, 4) is 0 Å². The quantitative estimate of drug-likeness (QED) is 0.706. The lowest BCUT2D eigenvalue weighted by atomic mass is 9.96. The van der Waals surface area contributed by atoms with E-state index in [0.29, 0.717) is 0 Å². The van der Waals surface area contributed by atoms with Gasteiger partial charge in [-0.1, -0.05) is 70.0 Å². The summed E-state index contributed by atoms with van der Waals surface area (Å²) < 4.78 is 2.19. The molecule has 2 aromatic carbocycles. The van der Waals surface area contributed by atoms with E-state index in [1.54, 1.807) is 0 Å². The van der Waals surface area contributed by atoms with Crippen LogP contribution in [-0.4, -0.2) is 6.54 Å². The van der Waals surface area contributed by atoms with Gasteiger partial charge in [-0.2, -0.15) is 0 Å². The molecule has 2 aromatic rings. The number of rotatable bonds is 5. The minimum atomic E-state index is 0.222. The molecule has 20 heavy (non-hydrogen) atoms. The van der Waals surface area contributed by atoms with E-state index >= 15 is 0 Å². The van der Waals surface area contributed by atoms with E-state index in [1.165, 1.54) is 16.7 Å². The van der Waals surface area contributed by atoms with E-state index in [9.17, 15) is 0 Å². The second kappa shape index (κ2) is 7.39. The van der Waals surface area contributed by atoms with E-state index in [-0.39, 0.29) is 6.04 Å². The van der Waals surface area contributed by atoms with Crippen LogP contribution in [0.2, 0.25) is 0 Å². The Morgan fingerprint density at radius 3 is 2.25 bits per heavy atom. The van der Waals surface area contributed by atoms with Gasteiger partial charge in [0.25, 0.3) is 0 Å². The Hall–Kier alpha value is -0.640. The first-order valence-corrected chi connectivity index (χ1v) is 8.50. The number of hydrogen-bond acceptors (Lipinski definition) is 1. The van der Waals surface area contributed by atoms with Crippen LogP contribution in [0, 0.1) is 0 Å². The number of hydrogen-bond donors (Lipinski definition) is 1. The highest BCUT2D eigenvalue weighted by molar-refractivity contribution is 9.11. The van der Waals surface area contributed by atoms with E-state index in [4.69, 9.17) is 0 Å². The molecule has 0 aliphatic carbocycles. The number of nitrogens with one attached hydrogen (secondary N) is 1. The predicted octanol–water partition coefficient (Wildman–Crippen LogP) is 5.47. The van der Waals surface area contributed by atoms with Crippen LogP contribution in [0.15, 0.2) is 51.4 Å². The molecule has 3 heteroatoms. The van der Waals surface area contributed by atoms with Crippen molar-refractivity contribution in [1.29, 1.82) is 0 Å². The summed E-state index contributed by atoms with van der Waals surface area (Å²) in [7, 11) is 0. The average molecular weight is 397 g/mol. The molecule has 1 nitrogen and oxygen atoms in total. The van der Waals surface area contributed by atoms with Crippen LogP contribution < -0.4 is 5.32 Å². The molecule has 0 aromatic heterocycles. The molecule has 0 aliphatic heterocycles. The maximum atomic E-state index is 3.58. The monoisotopic (exact) mass is 395 g/mol. The van der Waals surface area contributed by atoms with Crippen LogP contribution in [0.25, 0.3) is 0 Å². The fourth-order valence-corrected chi connectivity index (χ4v) is 3.70. The molecule has 0 bridgehead atoms. The second-order valence-electron chi connectivity index (χ2n) is 4.79. The molecule has 1 N–H and O–H groups in total. The summed E-state index contributed by atoms with van der Waals surface area (Å²) in [5.74, 6) is 0. The molecular formula is C17H19Br2N. The molecule has 0 radical (unpaired) electrons. The van der Waals surface area contributed by atoms with Crippen molar-refractivity contribution in [1.82, 2.24) is 5.32 Å². The van der Waals surface area contributed by atoms with Crippen LogP contribution in [0.3, 0.4) is 0 Å². The maximum absolute atomic E-state index is 3.58. The van der Waals surface area contributed by atoms with Gasteiger partial charge in [0.05, 0.1) is 6.04 Å². The molecule has 0 amide bonds. The summed E-state index contributed by atoms with van der Waals surface area (Å²) in [5.41, 5.74) is 3.96. The third-order valence-corrected chi connectivity index (χ3v) is 4.23. The van der Waals surface area contributed by atoms with Gasteiger partial charge in [0.15, 0.2) is 0 Å². The Morgan fingerprint density at radius 1 is 0.950 bits per heavy atom. The van der Waals surface area contributed by atoms with Crippen LogP contribution in [0.5, 0.6) is 0 Å². The lowest BCUT2D eigenvalue weighted by molar-refractivity contribution is 0.629. The molecule has 0 heterocycles. The average Bonchev–Trinajstić information content (AvgIpc) is 2.43. The highest BCUT2D eigenvalue weighted by Crippen LogP contribution is 2.28.